The van der Waals surface area contributed by atoms with E-state index in [1.807, 2.05) is 32.9 Å². The smallest absolute Gasteiger partial charge is 0.280 e. The zero-order valence-corrected chi connectivity index (χ0v) is 14.1. The Kier molecular flexibility index (Phi) is 3.64. The number of aryl methyl sites for hydroxylation is 2. The predicted octanol–water partition coefficient (Wildman–Crippen LogP) is 2.86. The Labute approximate surface area is 143 Å². The average molecular weight is 336 g/mol. The van der Waals surface area contributed by atoms with Crippen molar-refractivity contribution in [3.05, 3.63) is 42.0 Å². The van der Waals surface area contributed by atoms with Crippen LogP contribution in [-0.2, 0) is 0 Å². The summed E-state index contributed by atoms with van der Waals surface area (Å²) in [5, 5.41) is 8.43. The Morgan fingerprint density at radius 1 is 1.24 bits per heavy atom. The fourth-order valence-electron chi connectivity index (χ4n) is 2.68. The van der Waals surface area contributed by atoms with Crippen LogP contribution < -0.4 is 4.74 Å². The largest absolute Gasteiger partial charge is 0.491 e. The molecule has 0 saturated heterocycles. The van der Waals surface area contributed by atoms with E-state index in [-0.39, 0.29) is 0 Å². The molecule has 0 aliphatic heterocycles. The van der Waals surface area contributed by atoms with Crippen LogP contribution in [0.25, 0.3) is 28.6 Å². The molecule has 4 aromatic heterocycles. The van der Waals surface area contributed by atoms with Crippen LogP contribution in [0.1, 0.15) is 18.3 Å². The van der Waals surface area contributed by atoms with Gasteiger partial charge in [-0.1, -0.05) is 5.16 Å². The second-order valence-electron chi connectivity index (χ2n) is 5.54. The zero-order valence-electron chi connectivity index (χ0n) is 14.1. The Hall–Kier alpha value is -3.29. The molecule has 4 rings (SSSR count). The summed E-state index contributed by atoms with van der Waals surface area (Å²) in [5.74, 6) is 1.31. The molecule has 0 radical (unpaired) electrons. The minimum Gasteiger partial charge on any atom is -0.491 e. The van der Waals surface area contributed by atoms with E-state index in [1.165, 1.54) is 0 Å². The first kappa shape index (κ1) is 15.3. The van der Waals surface area contributed by atoms with Crippen molar-refractivity contribution in [2.45, 2.75) is 20.8 Å². The molecule has 0 aliphatic rings. The highest BCUT2D eigenvalue weighted by molar-refractivity contribution is 5.73. The lowest BCUT2D eigenvalue weighted by Gasteiger charge is -2.04. The molecule has 8 nitrogen and oxygen atoms in total. The van der Waals surface area contributed by atoms with Crippen molar-refractivity contribution < 1.29 is 9.26 Å². The van der Waals surface area contributed by atoms with Gasteiger partial charge in [0.25, 0.3) is 5.89 Å². The number of hydrogen-bond donors (Lipinski definition) is 0. The number of pyridine rings is 1. The summed E-state index contributed by atoms with van der Waals surface area (Å²) in [6.07, 6.45) is 3.34. The van der Waals surface area contributed by atoms with Gasteiger partial charge in [0.1, 0.15) is 0 Å². The normalized spacial score (nSPS) is 11.2. The molecule has 0 aromatic carbocycles. The number of hydrogen-bond acceptors (Lipinski definition) is 7. The summed E-state index contributed by atoms with van der Waals surface area (Å²) < 4.78 is 12.7. The predicted molar refractivity (Wildman–Crippen MR) is 90.2 cm³/mol. The van der Waals surface area contributed by atoms with Crippen LogP contribution in [0.5, 0.6) is 5.75 Å². The van der Waals surface area contributed by atoms with Gasteiger partial charge in [0.2, 0.25) is 5.82 Å². The van der Waals surface area contributed by atoms with Gasteiger partial charge < -0.3 is 9.26 Å². The van der Waals surface area contributed by atoms with Crippen LogP contribution in [0.2, 0.25) is 0 Å². The number of fused-ring (bicyclic) bond motifs is 1. The summed E-state index contributed by atoms with van der Waals surface area (Å²) in [5.41, 5.74) is 3.80. The van der Waals surface area contributed by atoms with Gasteiger partial charge >= 0.3 is 0 Å². The van der Waals surface area contributed by atoms with E-state index < -0.39 is 0 Å². The Morgan fingerprint density at radius 2 is 2.12 bits per heavy atom. The molecule has 0 spiro atoms. The topological polar surface area (TPSA) is 91.2 Å². The maximum Gasteiger partial charge on any atom is 0.280 e. The lowest BCUT2D eigenvalue weighted by molar-refractivity contribution is 0.337. The summed E-state index contributed by atoms with van der Waals surface area (Å²) in [4.78, 5) is 13.3. The molecule has 4 heterocycles. The van der Waals surface area contributed by atoms with E-state index in [4.69, 9.17) is 9.26 Å². The molecule has 0 N–H and O–H groups in total. The minimum absolute atomic E-state index is 0.294. The van der Waals surface area contributed by atoms with Gasteiger partial charge in [0.15, 0.2) is 17.1 Å². The van der Waals surface area contributed by atoms with Crippen LogP contribution in [0.15, 0.2) is 35.1 Å². The van der Waals surface area contributed by atoms with E-state index in [2.05, 4.69) is 25.2 Å². The third-order valence-corrected chi connectivity index (χ3v) is 3.72. The molecule has 0 unspecified atom stereocenters. The number of rotatable bonds is 4. The molecule has 8 heteroatoms. The zero-order chi connectivity index (χ0) is 17.4. The molecule has 0 aliphatic carbocycles. The van der Waals surface area contributed by atoms with Crippen molar-refractivity contribution in [2.24, 2.45) is 0 Å². The average Bonchev–Trinajstić information content (AvgIpc) is 3.22. The highest BCUT2D eigenvalue weighted by Gasteiger charge is 2.19. The van der Waals surface area contributed by atoms with Gasteiger partial charge in [-0.3, -0.25) is 0 Å². The van der Waals surface area contributed by atoms with E-state index in [9.17, 15) is 0 Å². The minimum atomic E-state index is 0.294. The van der Waals surface area contributed by atoms with Crippen LogP contribution in [0.4, 0.5) is 0 Å². The Bertz CT molecular complexity index is 1050. The highest BCUT2D eigenvalue weighted by Crippen LogP contribution is 2.29. The van der Waals surface area contributed by atoms with Crippen molar-refractivity contribution in [3.8, 4) is 28.7 Å². The van der Waals surface area contributed by atoms with E-state index in [0.717, 1.165) is 11.4 Å². The fraction of sp³-hybridized carbons (Fsp3) is 0.235. The third kappa shape index (κ3) is 2.61. The first-order valence-electron chi connectivity index (χ1n) is 7.91. The number of nitrogens with zero attached hydrogens (tertiary/aromatic N) is 6. The van der Waals surface area contributed by atoms with Gasteiger partial charge in [0.05, 0.1) is 18.4 Å². The van der Waals surface area contributed by atoms with Gasteiger partial charge in [-0.2, -0.15) is 10.1 Å². The molecule has 0 fully saturated rings. The van der Waals surface area contributed by atoms with Crippen molar-refractivity contribution in [2.75, 3.05) is 6.61 Å². The second-order valence-corrected chi connectivity index (χ2v) is 5.54. The Morgan fingerprint density at radius 3 is 2.96 bits per heavy atom. The van der Waals surface area contributed by atoms with Gasteiger partial charge in [0, 0.05) is 17.6 Å². The van der Waals surface area contributed by atoms with E-state index in [0.29, 0.717) is 41.0 Å². The standard InChI is InChI=1S/C17H16N6O2/c1-4-24-13-6-5-7-18-14(13)17-21-15(22-25-17)12-9-19-23-11(3)8-10(2)20-16(12)23/h5-9H,4H2,1-3H3. The summed E-state index contributed by atoms with van der Waals surface area (Å²) in [6, 6.07) is 5.58. The molecule has 0 bridgehead atoms. The molecule has 0 atom stereocenters. The van der Waals surface area contributed by atoms with Crippen molar-refractivity contribution in [1.29, 1.82) is 0 Å². The Balaban J connectivity index is 1.81. The van der Waals surface area contributed by atoms with Crippen LogP contribution in [0.3, 0.4) is 0 Å². The maximum absolute atomic E-state index is 5.57. The van der Waals surface area contributed by atoms with Gasteiger partial charge in [-0.05, 0) is 39.0 Å². The van der Waals surface area contributed by atoms with Crippen LogP contribution in [0, 0.1) is 13.8 Å². The lowest BCUT2D eigenvalue weighted by atomic mass is 10.3. The maximum atomic E-state index is 5.57. The van der Waals surface area contributed by atoms with Crippen molar-refractivity contribution >= 4 is 5.65 Å². The monoisotopic (exact) mass is 336 g/mol. The summed E-state index contributed by atoms with van der Waals surface area (Å²) in [6.45, 7) is 6.34. The first-order valence-corrected chi connectivity index (χ1v) is 7.91. The first-order chi connectivity index (χ1) is 12.2. The summed E-state index contributed by atoms with van der Waals surface area (Å²) in [7, 11) is 0. The third-order valence-electron chi connectivity index (χ3n) is 3.72. The molecule has 126 valence electrons. The molecular formula is C17H16N6O2. The lowest BCUT2D eigenvalue weighted by Crippen LogP contribution is -1.97. The SMILES string of the molecule is CCOc1cccnc1-c1nc(-c2cnn3c(C)cc(C)nc23)no1. The van der Waals surface area contributed by atoms with E-state index >= 15 is 0 Å². The molecule has 0 amide bonds. The molecule has 25 heavy (non-hydrogen) atoms. The van der Waals surface area contributed by atoms with E-state index in [1.54, 1.807) is 23.0 Å². The van der Waals surface area contributed by atoms with Gasteiger partial charge in [-0.25, -0.2) is 14.5 Å². The molecule has 4 aromatic rings. The fourth-order valence-corrected chi connectivity index (χ4v) is 2.68. The number of aromatic nitrogens is 6. The molecular weight excluding hydrogens is 320 g/mol. The second kappa shape index (κ2) is 5.97. The quantitative estimate of drug-likeness (QED) is 0.566. The van der Waals surface area contributed by atoms with Crippen molar-refractivity contribution in [1.82, 2.24) is 29.7 Å². The van der Waals surface area contributed by atoms with Crippen LogP contribution in [-0.4, -0.2) is 36.3 Å². The number of ether oxygens (including phenoxy) is 1. The van der Waals surface area contributed by atoms with Crippen LogP contribution >= 0.6 is 0 Å². The summed E-state index contributed by atoms with van der Waals surface area (Å²) >= 11 is 0. The van der Waals surface area contributed by atoms with Crippen molar-refractivity contribution in [3.63, 3.8) is 0 Å². The molecule has 0 saturated carbocycles. The highest BCUT2D eigenvalue weighted by atomic mass is 16.5. The van der Waals surface area contributed by atoms with Gasteiger partial charge in [-0.15, -0.1) is 0 Å².